The lowest BCUT2D eigenvalue weighted by molar-refractivity contribution is 0.266. The van der Waals surface area contributed by atoms with E-state index in [9.17, 15) is 0 Å². The summed E-state index contributed by atoms with van der Waals surface area (Å²) < 4.78 is 1.53. The van der Waals surface area contributed by atoms with Crippen molar-refractivity contribution < 1.29 is 5.11 Å². The van der Waals surface area contributed by atoms with E-state index < -0.39 is 0 Å². The predicted molar refractivity (Wildman–Crippen MR) is 55.8 cm³/mol. The fourth-order valence-electron chi connectivity index (χ4n) is 1.40. The molecule has 9 nitrogen and oxygen atoms in total. The molecular formula is C8H14N8O. The van der Waals surface area contributed by atoms with Crippen LogP contribution in [0.15, 0.2) is 0 Å². The van der Waals surface area contributed by atoms with E-state index in [2.05, 4.69) is 30.9 Å². The minimum absolute atomic E-state index is 0.00596. The molecule has 2 aromatic rings. The zero-order valence-electron chi connectivity index (χ0n) is 9.56. The van der Waals surface area contributed by atoms with Crippen LogP contribution in [0.5, 0.6) is 0 Å². The Balaban J connectivity index is 2.05. The van der Waals surface area contributed by atoms with Crippen LogP contribution in [0.2, 0.25) is 0 Å². The van der Waals surface area contributed by atoms with E-state index in [0.717, 1.165) is 13.0 Å². The molecule has 0 unspecified atom stereocenters. The normalized spacial score (nSPS) is 10.9. The number of aliphatic hydroxyl groups is 1. The highest BCUT2D eigenvalue weighted by Crippen LogP contribution is 1.99. The zero-order chi connectivity index (χ0) is 12.1. The summed E-state index contributed by atoms with van der Waals surface area (Å²) in [7, 11) is 0. The third-order valence-corrected chi connectivity index (χ3v) is 2.15. The van der Waals surface area contributed by atoms with E-state index in [-0.39, 0.29) is 6.61 Å². The highest BCUT2D eigenvalue weighted by Gasteiger charge is 2.10. The molecule has 0 atom stereocenters. The standard InChI is InChI=1S/C8H14N8O/c1-2-3-16-11-7(9-13-16)6-8-10-12-14-15(8)4-5-17/h17H,2-6H2,1H3. The van der Waals surface area contributed by atoms with E-state index >= 15 is 0 Å². The van der Waals surface area contributed by atoms with Gasteiger partial charge in [0.2, 0.25) is 0 Å². The Morgan fingerprint density at radius 3 is 2.82 bits per heavy atom. The molecular weight excluding hydrogens is 224 g/mol. The van der Waals surface area contributed by atoms with Gasteiger partial charge in [-0.2, -0.15) is 4.80 Å². The largest absolute Gasteiger partial charge is 0.394 e. The molecule has 2 rings (SSSR count). The number of aliphatic hydroxyl groups excluding tert-OH is 1. The third-order valence-electron chi connectivity index (χ3n) is 2.15. The van der Waals surface area contributed by atoms with Crippen molar-refractivity contribution in [2.75, 3.05) is 6.61 Å². The molecule has 0 aromatic carbocycles. The van der Waals surface area contributed by atoms with Crippen LogP contribution >= 0.6 is 0 Å². The molecule has 0 aliphatic heterocycles. The summed E-state index contributed by atoms with van der Waals surface area (Å²) in [6.45, 7) is 3.15. The molecule has 92 valence electrons. The molecule has 0 saturated carbocycles. The van der Waals surface area contributed by atoms with Crippen LogP contribution in [-0.4, -0.2) is 52.1 Å². The van der Waals surface area contributed by atoms with Gasteiger partial charge in [0.15, 0.2) is 11.6 Å². The summed E-state index contributed by atoms with van der Waals surface area (Å²) in [6, 6.07) is 0. The van der Waals surface area contributed by atoms with E-state index in [1.165, 1.54) is 4.68 Å². The van der Waals surface area contributed by atoms with Crippen molar-refractivity contribution in [2.24, 2.45) is 0 Å². The molecule has 2 heterocycles. The average Bonchev–Trinajstić information content (AvgIpc) is 2.91. The van der Waals surface area contributed by atoms with Gasteiger partial charge in [-0.1, -0.05) is 6.92 Å². The number of tetrazole rings is 2. The van der Waals surface area contributed by atoms with Crippen molar-refractivity contribution in [3.05, 3.63) is 11.6 Å². The van der Waals surface area contributed by atoms with Crippen molar-refractivity contribution >= 4 is 0 Å². The second-order valence-corrected chi connectivity index (χ2v) is 3.52. The highest BCUT2D eigenvalue weighted by molar-refractivity contribution is 4.94. The van der Waals surface area contributed by atoms with Crippen molar-refractivity contribution in [1.82, 2.24) is 40.4 Å². The summed E-state index contributed by atoms with van der Waals surface area (Å²) in [5.41, 5.74) is 0. The highest BCUT2D eigenvalue weighted by atomic mass is 16.3. The first kappa shape index (κ1) is 11.6. The van der Waals surface area contributed by atoms with Crippen LogP contribution in [0, 0.1) is 0 Å². The molecule has 0 saturated heterocycles. The van der Waals surface area contributed by atoms with Gasteiger partial charge in [0.1, 0.15) is 0 Å². The van der Waals surface area contributed by atoms with E-state index in [4.69, 9.17) is 5.11 Å². The summed E-state index contributed by atoms with van der Waals surface area (Å²) >= 11 is 0. The maximum Gasteiger partial charge on any atom is 0.182 e. The van der Waals surface area contributed by atoms with Crippen molar-refractivity contribution in [3.63, 3.8) is 0 Å². The molecule has 0 aliphatic carbocycles. The molecule has 0 bridgehead atoms. The lowest BCUT2D eigenvalue weighted by atomic mass is 10.4. The maximum absolute atomic E-state index is 8.84. The summed E-state index contributed by atoms with van der Waals surface area (Å²) in [6.07, 6.45) is 1.37. The lowest BCUT2D eigenvalue weighted by Gasteiger charge is -1.98. The molecule has 0 spiro atoms. The number of aromatic nitrogens is 8. The van der Waals surface area contributed by atoms with Crippen molar-refractivity contribution in [1.29, 1.82) is 0 Å². The lowest BCUT2D eigenvalue weighted by Crippen LogP contribution is -2.10. The number of hydrogen-bond acceptors (Lipinski definition) is 7. The summed E-state index contributed by atoms with van der Waals surface area (Å²) in [5, 5.41) is 32.0. The second kappa shape index (κ2) is 5.43. The van der Waals surface area contributed by atoms with Gasteiger partial charge < -0.3 is 5.11 Å². The van der Waals surface area contributed by atoms with Gasteiger partial charge in [0.05, 0.1) is 26.1 Å². The first-order chi connectivity index (χ1) is 8.33. The van der Waals surface area contributed by atoms with Gasteiger partial charge in [-0.05, 0) is 22.1 Å². The smallest absolute Gasteiger partial charge is 0.182 e. The van der Waals surface area contributed by atoms with Crippen LogP contribution in [0.25, 0.3) is 0 Å². The van der Waals surface area contributed by atoms with Gasteiger partial charge in [0.25, 0.3) is 0 Å². The fraction of sp³-hybridized carbons (Fsp3) is 0.750. The molecule has 1 N–H and O–H groups in total. The Morgan fingerprint density at radius 1 is 1.18 bits per heavy atom. The Morgan fingerprint density at radius 2 is 2.06 bits per heavy atom. The summed E-state index contributed by atoms with van der Waals surface area (Å²) in [4.78, 5) is 1.55. The van der Waals surface area contributed by atoms with E-state index in [1.54, 1.807) is 4.80 Å². The average molecular weight is 238 g/mol. The summed E-state index contributed by atoms with van der Waals surface area (Å²) in [5.74, 6) is 1.20. The van der Waals surface area contributed by atoms with Crippen molar-refractivity contribution in [3.8, 4) is 0 Å². The zero-order valence-corrected chi connectivity index (χ0v) is 9.56. The quantitative estimate of drug-likeness (QED) is 0.663. The fourth-order valence-corrected chi connectivity index (χ4v) is 1.40. The third kappa shape index (κ3) is 2.81. The van der Waals surface area contributed by atoms with Crippen LogP contribution in [0.1, 0.15) is 25.0 Å². The van der Waals surface area contributed by atoms with Gasteiger partial charge in [0, 0.05) is 0 Å². The Hall–Kier alpha value is -1.90. The maximum atomic E-state index is 8.84. The van der Waals surface area contributed by atoms with Crippen LogP contribution < -0.4 is 0 Å². The SMILES string of the molecule is CCCn1nnc(Cc2nnnn2CCO)n1. The topological polar surface area (TPSA) is 107 Å². The van der Waals surface area contributed by atoms with Gasteiger partial charge in [-0.25, -0.2) is 4.68 Å². The van der Waals surface area contributed by atoms with Gasteiger partial charge in [-0.15, -0.1) is 15.3 Å². The minimum atomic E-state index is -0.00596. The minimum Gasteiger partial charge on any atom is -0.394 e. The molecule has 0 radical (unpaired) electrons. The van der Waals surface area contributed by atoms with E-state index in [1.807, 2.05) is 6.92 Å². The first-order valence-corrected chi connectivity index (χ1v) is 5.46. The molecule has 0 fully saturated rings. The molecule has 0 amide bonds. The van der Waals surface area contributed by atoms with Crippen LogP contribution in [0.3, 0.4) is 0 Å². The van der Waals surface area contributed by atoms with Crippen LogP contribution in [-0.2, 0) is 19.5 Å². The Labute approximate surface area is 97.4 Å². The molecule has 17 heavy (non-hydrogen) atoms. The second-order valence-electron chi connectivity index (χ2n) is 3.52. The van der Waals surface area contributed by atoms with Gasteiger partial charge in [-0.3, -0.25) is 0 Å². The van der Waals surface area contributed by atoms with Crippen molar-refractivity contribution in [2.45, 2.75) is 32.9 Å². The molecule has 0 aliphatic rings. The molecule has 9 heteroatoms. The Bertz CT molecular complexity index is 464. The predicted octanol–water partition coefficient (Wildman–Crippen LogP) is -1.35. The number of rotatable bonds is 6. The van der Waals surface area contributed by atoms with E-state index in [0.29, 0.717) is 24.6 Å². The number of aryl methyl sites for hydroxylation is 1. The Kier molecular flexibility index (Phi) is 3.70. The monoisotopic (exact) mass is 238 g/mol. The number of hydrogen-bond donors (Lipinski definition) is 1. The first-order valence-electron chi connectivity index (χ1n) is 5.46. The van der Waals surface area contributed by atoms with Gasteiger partial charge >= 0.3 is 0 Å². The number of nitrogens with zero attached hydrogens (tertiary/aromatic N) is 8. The molecule has 2 aromatic heterocycles. The van der Waals surface area contributed by atoms with Crippen LogP contribution in [0.4, 0.5) is 0 Å².